The van der Waals surface area contributed by atoms with Gasteiger partial charge in [-0.2, -0.15) is 0 Å². The summed E-state index contributed by atoms with van der Waals surface area (Å²) in [5, 5.41) is 12.7. The summed E-state index contributed by atoms with van der Waals surface area (Å²) in [5.74, 6) is 2.92. The quantitative estimate of drug-likeness (QED) is 0.538. The molecule has 1 aromatic rings. The van der Waals surface area contributed by atoms with Crippen LogP contribution < -0.4 is 10.2 Å². The predicted molar refractivity (Wildman–Crippen MR) is 142 cm³/mol. The lowest BCUT2D eigenvalue weighted by Gasteiger charge is -2.37. The second kappa shape index (κ2) is 12.2. The largest absolute Gasteiger partial charge is 0.393 e. The number of nitrogens with zero attached hydrogens (tertiary/aromatic N) is 4. The van der Waals surface area contributed by atoms with Gasteiger partial charge in [0.25, 0.3) is 0 Å². The van der Waals surface area contributed by atoms with E-state index >= 15 is 0 Å². The van der Waals surface area contributed by atoms with Crippen LogP contribution in [0.3, 0.4) is 0 Å². The Morgan fingerprint density at radius 3 is 2.42 bits per heavy atom. The number of anilines is 1. The summed E-state index contributed by atoms with van der Waals surface area (Å²) in [5.41, 5.74) is 0.979. The Morgan fingerprint density at radius 1 is 1.11 bits per heavy atom. The number of carbonyl (C=O) groups is 1. The number of rotatable bonds is 9. The highest BCUT2D eigenvalue weighted by atomic mass is 16.5. The van der Waals surface area contributed by atoms with Crippen LogP contribution in [0, 0.1) is 11.8 Å². The molecule has 4 rings (SSSR count). The molecule has 2 heterocycles. The highest BCUT2D eigenvalue weighted by Crippen LogP contribution is 2.30. The molecule has 2 saturated carbocycles. The topological polar surface area (TPSA) is 90.8 Å². The second-order valence-electron chi connectivity index (χ2n) is 12.2. The van der Waals surface area contributed by atoms with Gasteiger partial charge in [0.1, 0.15) is 11.6 Å². The first-order chi connectivity index (χ1) is 17.2. The molecule has 0 radical (unpaired) electrons. The number of hydrogen-bond acceptors (Lipinski definition) is 7. The van der Waals surface area contributed by atoms with E-state index in [1.54, 1.807) is 7.11 Å². The van der Waals surface area contributed by atoms with Crippen LogP contribution >= 0.6 is 0 Å². The lowest BCUT2D eigenvalue weighted by molar-refractivity contribution is -0.132. The van der Waals surface area contributed by atoms with E-state index < -0.39 is 0 Å². The maximum atomic E-state index is 12.3. The van der Waals surface area contributed by atoms with Gasteiger partial charge in [0.2, 0.25) is 5.91 Å². The van der Waals surface area contributed by atoms with Crippen LogP contribution in [0.5, 0.6) is 0 Å². The fourth-order valence-electron chi connectivity index (χ4n) is 5.60. The summed E-state index contributed by atoms with van der Waals surface area (Å²) >= 11 is 0. The monoisotopic (exact) mass is 501 g/mol. The zero-order chi connectivity index (χ0) is 25.7. The van der Waals surface area contributed by atoms with Gasteiger partial charge in [0, 0.05) is 68.8 Å². The van der Waals surface area contributed by atoms with Gasteiger partial charge in [-0.05, 0) is 57.4 Å². The second-order valence-corrected chi connectivity index (χ2v) is 12.2. The van der Waals surface area contributed by atoms with E-state index in [-0.39, 0.29) is 23.3 Å². The third kappa shape index (κ3) is 7.39. The van der Waals surface area contributed by atoms with Gasteiger partial charge in [-0.15, -0.1) is 0 Å². The molecule has 3 fully saturated rings. The van der Waals surface area contributed by atoms with E-state index in [4.69, 9.17) is 14.7 Å². The first-order valence-electron chi connectivity index (χ1n) is 14.0. The van der Waals surface area contributed by atoms with Gasteiger partial charge in [0.05, 0.1) is 12.7 Å². The molecule has 1 aliphatic heterocycles. The van der Waals surface area contributed by atoms with Crippen molar-refractivity contribution in [2.24, 2.45) is 11.8 Å². The number of aliphatic hydroxyl groups excluding tert-OH is 1. The lowest BCUT2D eigenvalue weighted by atomic mass is 9.80. The first kappa shape index (κ1) is 27.3. The Labute approximate surface area is 217 Å². The summed E-state index contributed by atoms with van der Waals surface area (Å²) < 4.78 is 5.28. The van der Waals surface area contributed by atoms with Crippen molar-refractivity contribution in [3.63, 3.8) is 0 Å². The number of ether oxygens (including phenoxy) is 1. The average molecular weight is 502 g/mol. The maximum Gasteiger partial charge on any atom is 0.223 e. The van der Waals surface area contributed by atoms with Crippen molar-refractivity contribution >= 4 is 11.7 Å². The molecule has 0 bridgehead atoms. The number of aromatic nitrogens is 2. The molecule has 1 amide bonds. The Morgan fingerprint density at radius 2 is 1.81 bits per heavy atom. The Bertz CT molecular complexity index is 851. The highest BCUT2D eigenvalue weighted by molar-refractivity contribution is 5.79. The van der Waals surface area contributed by atoms with Gasteiger partial charge in [-0.3, -0.25) is 9.69 Å². The van der Waals surface area contributed by atoms with Crippen LogP contribution in [-0.4, -0.2) is 84.5 Å². The molecular weight excluding hydrogens is 454 g/mol. The smallest absolute Gasteiger partial charge is 0.223 e. The maximum absolute atomic E-state index is 12.3. The van der Waals surface area contributed by atoms with E-state index in [2.05, 4.69) is 42.0 Å². The Balaban J connectivity index is 1.19. The number of methoxy groups -OCH3 is 1. The number of hydrogen-bond donors (Lipinski definition) is 2. The SMILES string of the molecule is COCCc1cc(N2CCN(CCC3CCC(NC(=O)C4CC(O)C4)CC3)CC2)nc(C(C)(C)C)n1. The van der Waals surface area contributed by atoms with E-state index in [1.807, 2.05) is 0 Å². The molecule has 1 saturated heterocycles. The third-order valence-electron chi connectivity index (χ3n) is 8.23. The van der Waals surface area contributed by atoms with Crippen LogP contribution in [0.15, 0.2) is 6.07 Å². The van der Waals surface area contributed by atoms with Crippen molar-refractivity contribution in [3.8, 4) is 0 Å². The van der Waals surface area contributed by atoms with Crippen LogP contribution in [0.4, 0.5) is 5.82 Å². The van der Waals surface area contributed by atoms with Gasteiger partial charge in [0.15, 0.2) is 0 Å². The number of amides is 1. The number of nitrogens with one attached hydrogen (secondary N) is 1. The van der Waals surface area contributed by atoms with Gasteiger partial charge in [-0.1, -0.05) is 20.8 Å². The van der Waals surface area contributed by atoms with Crippen molar-refractivity contribution in [1.82, 2.24) is 20.2 Å². The summed E-state index contributed by atoms with van der Waals surface area (Å²) in [7, 11) is 1.73. The van der Waals surface area contributed by atoms with Crippen molar-refractivity contribution in [2.45, 2.75) is 89.7 Å². The van der Waals surface area contributed by atoms with E-state index in [1.165, 1.54) is 19.3 Å². The molecule has 36 heavy (non-hydrogen) atoms. The van der Waals surface area contributed by atoms with Crippen molar-refractivity contribution in [3.05, 3.63) is 17.6 Å². The molecule has 2 aliphatic carbocycles. The van der Waals surface area contributed by atoms with Crippen LogP contribution in [0.25, 0.3) is 0 Å². The van der Waals surface area contributed by atoms with Crippen LogP contribution in [-0.2, 0) is 21.4 Å². The first-order valence-corrected chi connectivity index (χ1v) is 14.0. The van der Waals surface area contributed by atoms with Gasteiger partial charge in [-0.25, -0.2) is 9.97 Å². The number of piperazine rings is 1. The molecule has 2 N–H and O–H groups in total. The molecule has 202 valence electrons. The Hall–Kier alpha value is -1.77. The van der Waals surface area contributed by atoms with Gasteiger partial charge < -0.3 is 20.1 Å². The molecule has 0 unspecified atom stereocenters. The molecule has 8 nitrogen and oxygen atoms in total. The Kier molecular flexibility index (Phi) is 9.23. The normalized spacial score (nSPS) is 27.5. The number of aliphatic hydroxyl groups is 1. The molecular formula is C28H47N5O3. The lowest BCUT2D eigenvalue weighted by Crippen LogP contribution is -2.47. The number of carbonyl (C=O) groups excluding carboxylic acids is 1. The minimum absolute atomic E-state index is 0.0377. The molecule has 0 atom stereocenters. The van der Waals surface area contributed by atoms with E-state index in [9.17, 15) is 9.90 Å². The van der Waals surface area contributed by atoms with Crippen molar-refractivity contribution < 1.29 is 14.6 Å². The molecule has 1 aromatic heterocycles. The predicted octanol–water partition coefficient (Wildman–Crippen LogP) is 2.92. The van der Waals surface area contributed by atoms with Crippen LogP contribution in [0.1, 0.15) is 77.2 Å². The third-order valence-corrected chi connectivity index (χ3v) is 8.23. The summed E-state index contributed by atoms with van der Waals surface area (Å²) in [6.45, 7) is 12.5. The van der Waals surface area contributed by atoms with E-state index in [0.29, 0.717) is 25.5 Å². The standard InChI is InChI=1S/C28H47N5O3/c1-28(2,3)27-30-23(10-16-36-4)19-25(31-27)33-14-12-32(13-15-33)11-9-20-5-7-22(8-6-20)29-26(35)21-17-24(34)18-21/h19-22,24,34H,5-18H2,1-4H3,(H,29,35). The van der Waals surface area contributed by atoms with Crippen LogP contribution in [0.2, 0.25) is 0 Å². The molecule has 0 spiro atoms. The van der Waals surface area contributed by atoms with E-state index in [0.717, 1.165) is 75.2 Å². The van der Waals surface area contributed by atoms with Crippen molar-refractivity contribution in [2.75, 3.05) is 51.3 Å². The minimum atomic E-state index is -0.265. The zero-order valence-electron chi connectivity index (χ0n) is 22.8. The van der Waals surface area contributed by atoms with Crippen molar-refractivity contribution in [1.29, 1.82) is 0 Å². The summed E-state index contributed by atoms with van der Waals surface area (Å²) in [6.07, 6.45) is 7.67. The fraction of sp³-hybridized carbons (Fsp3) is 0.821. The minimum Gasteiger partial charge on any atom is -0.393 e. The zero-order valence-corrected chi connectivity index (χ0v) is 22.8. The highest BCUT2D eigenvalue weighted by Gasteiger charge is 2.34. The molecule has 3 aliphatic rings. The molecule has 8 heteroatoms. The average Bonchev–Trinajstić information content (AvgIpc) is 2.84. The fourth-order valence-corrected chi connectivity index (χ4v) is 5.60. The summed E-state index contributed by atoms with van der Waals surface area (Å²) in [4.78, 5) is 27.0. The molecule has 0 aromatic carbocycles. The van der Waals surface area contributed by atoms with Gasteiger partial charge >= 0.3 is 0 Å². The summed E-state index contributed by atoms with van der Waals surface area (Å²) in [6, 6.07) is 2.48.